The molecule has 0 aliphatic heterocycles. The van der Waals surface area contributed by atoms with Crippen LogP contribution in [0.4, 0.5) is 4.79 Å². The number of alkyl carbamates (subject to hydrolysis) is 1. The van der Waals surface area contributed by atoms with E-state index in [9.17, 15) is 14.4 Å². The second-order valence-corrected chi connectivity index (χ2v) is 11.1. The first kappa shape index (κ1) is 31.5. The van der Waals surface area contributed by atoms with Crippen LogP contribution in [-0.2, 0) is 14.3 Å². The Balaban J connectivity index is 3.42. The smallest absolute Gasteiger partial charge is 0.408 e. The van der Waals surface area contributed by atoms with Crippen molar-refractivity contribution in [3.63, 3.8) is 0 Å². The minimum atomic E-state index is -0.799. The maximum absolute atomic E-state index is 14.0. The fourth-order valence-corrected chi connectivity index (χ4v) is 4.22. The van der Waals surface area contributed by atoms with Crippen LogP contribution >= 0.6 is 0 Å². The molecule has 1 aromatic carbocycles. The van der Waals surface area contributed by atoms with Gasteiger partial charge in [-0.1, -0.05) is 64.3 Å². The van der Waals surface area contributed by atoms with E-state index in [2.05, 4.69) is 17.6 Å². The van der Waals surface area contributed by atoms with Crippen molar-refractivity contribution in [1.82, 2.24) is 15.5 Å². The molecule has 0 aliphatic rings. The van der Waals surface area contributed by atoms with Gasteiger partial charge in [0.1, 0.15) is 17.7 Å². The molecule has 2 N–H and O–H groups in total. The van der Waals surface area contributed by atoms with Crippen LogP contribution in [0, 0.1) is 19.8 Å². The van der Waals surface area contributed by atoms with Crippen LogP contribution in [0.2, 0.25) is 0 Å². The van der Waals surface area contributed by atoms with Gasteiger partial charge in [-0.3, -0.25) is 9.59 Å². The highest BCUT2D eigenvalue weighted by molar-refractivity contribution is 5.92. The van der Waals surface area contributed by atoms with Gasteiger partial charge in [0.2, 0.25) is 11.8 Å². The van der Waals surface area contributed by atoms with Gasteiger partial charge in [-0.2, -0.15) is 0 Å². The lowest BCUT2D eigenvalue weighted by molar-refractivity contribution is -0.142. The van der Waals surface area contributed by atoms with Crippen LogP contribution < -0.4 is 10.6 Å². The summed E-state index contributed by atoms with van der Waals surface area (Å²) < 4.78 is 5.44. The quantitative estimate of drug-likeness (QED) is 0.332. The highest BCUT2D eigenvalue weighted by Gasteiger charge is 2.36. The first-order valence-electron chi connectivity index (χ1n) is 13.5. The molecule has 2 unspecified atom stereocenters. The predicted octanol–water partition coefficient (Wildman–Crippen LogP) is 5.83. The highest BCUT2D eigenvalue weighted by atomic mass is 16.6. The van der Waals surface area contributed by atoms with Crippen molar-refractivity contribution in [3.8, 4) is 0 Å². The van der Waals surface area contributed by atoms with Crippen molar-refractivity contribution in [1.29, 1.82) is 0 Å². The van der Waals surface area contributed by atoms with E-state index >= 15 is 0 Å². The summed E-state index contributed by atoms with van der Waals surface area (Å²) in [5, 5.41) is 5.85. The minimum Gasteiger partial charge on any atom is -0.444 e. The number of aryl methyl sites for hydroxylation is 2. The molecule has 0 aromatic heterocycles. The fourth-order valence-electron chi connectivity index (χ4n) is 4.22. The second kappa shape index (κ2) is 14.9. The zero-order chi connectivity index (χ0) is 27.5. The molecule has 1 rings (SSSR count). The molecule has 0 saturated carbocycles. The lowest BCUT2D eigenvalue weighted by Gasteiger charge is -2.35. The molecule has 7 heteroatoms. The summed E-state index contributed by atoms with van der Waals surface area (Å²) in [5.41, 5.74) is 2.17. The van der Waals surface area contributed by atoms with Crippen LogP contribution in [-0.4, -0.2) is 47.5 Å². The summed E-state index contributed by atoms with van der Waals surface area (Å²) in [5.74, 6) is -0.315. The lowest BCUT2D eigenvalue weighted by atomic mass is 9.95. The van der Waals surface area contributed by atoms with Crippen LogP contribution in [0.1, 0.15) is 103 Å². The van der Waals surface area contributed by atoms with E-state index in [0.29, 0.717) is 25.9 Å². The van der Waals surface area contributed by atoms with E-state index in [-0.39, 0.29) is 17.7 Å². The van der Waals surface area contributed by atoms with Gasteiger partial charge in [-0.25, -0.2) is 4.79 Å². The molecule has 1 aromatic rings. The first-order valence-corrected chi connectivity index (χ1v) is 13.5. The summed E-state index contributed by atoms with van der Waals surface area (Å²) in [6, 6.07) is 4.36. The largest absolute Gasteiger partial charge is 0.444 e. The van der Waals surface area contributed by atoms with Gasteiger partial charge < -0.3 is 20.3 Å². The van der Waals surface area contributed by atoms with E-state index in [4.69, 9.17) is 4.74 Å². The molecule has 0 bridgehead atoms. The van der Waals surface area contributed by atoms with Gasteiger partial charge in [0.15, 0.2) is 0 Å². The molecule has 7 nitrogen and oxygen atoms in total. The van der Waals surface area contributed by atoms with Crippen molar-refractivity contribution in [3.05, 3.63) is 34.9 Å². The second-order valence-electron chi connectivity index (χ2n) is 11.1. The van der Waals surface area contributed by atoms with Crippen LogP contribution in [0.25, 0.3) is 0 Å². The van der Waals surface area contributed by atoms with Crippen molar-refractivity contribution in [2.24, 2.45) is 5.92 Å². The maximum atomic E-state index is 14.0. The zero-order valence-electron chi connectivity index (χ0n) is 24.0. The molecule has 0 saturated heterocycles. The number of rotatable bonds is 13. The van der Waals surface area contributed by atoms with Crippen molar-refractivity contribution in [2.45, 2.75) is 112 Å². The molecule has 36 heavy (non-hydrogen) atoms. The van der Waals surface area contributed by atoms with Crippen LogP contribution in [0.15, 0.2) is 18.2 Å². The maximum Gasteiger partial charge on any atom is 0.408 e. The molecule has 2 atom stereocenters. The summed E-state index contributed by atoms with van der Waals surface area (Å²) in [4.78, 5) is 41.9. The molecular weight excluding hydrogens is 454 g/mol. The molecule has 0 spiro atoms. The number of ether oxygens (including phenoxy) is 1. The lowest BCUT2D eigenvalue weighted by Crippen LogP contribution is -2.53. The molecule has 204 valence electrons. The number of hydrogen-bond donors (Lipinski definition) is 2. The van der Waals surface area contributed by atoms with E-state index in [1.54, 1.807) is 25.7 Å². The van der Waals surface area contributed by atoms with Gasteiger partial charge in [-0.15, -0.1) is 0 Å². The number of hydrogen-bond acceptors (Lipinski definition) is 4. The number of carbonyl (C=O) groups is 3. The number of nitrogens with one attached hydrogen (secondary N) is 2. The van der Waals surface area contributed by atoms with Crippen LogP contribution in [0.3, 0.4) is 0 Å². The van der Waals surface area contributed by atoms with Crippen molar-refractivity contribution < 1.29 is 19.1 Å². The Kier molecular flexibility index (Phi) is 13.0. The molecule has 0 fully saturated rings. The number of unbranched alkanes of at least 4 members (excludes halogenated alkanes) is 2. The number of benzene rings is 1. The minimum absolute atomic E-state index is 0.153. The number of amides is 3. The van der Waals surface area contributed by atoms with Gasteiger partial charge in [0.25, 0.3) is 0 Å². The summed E-state index contributed by atoms with van der Waals surface area (Å²) in [6.07, 6.45) is 3.46. The third-order valence-corrected chi connectivity index (χ3v) is 5.80. The summed E-state index contributed by atoms with van der Waals surface area (Å²) >= 11 is 0. The molecule has 0 radical (unpaired) electrons. The van der Waals surface area contributed by atoms with E-state index in [1.807, 2.05) is 52.8 Å². The van der Waals surface area contributed by atoms with Gasteiger partial charge in [-0.05, 0) is 70.9 Å². The van der Waals surface area contributed by atoms with Crippen molar-refractivity contribution in [2.75, 3.05) is 13.1 Å². The first-order chi connectivity index (χ1) is 16.8. The Hall–Kier alpha value is -2.57. The van der Waals surface area contributed by atoms with Gasteiger partial charge in [0.05, 0.1) is 0 Å². The zero-order valence-corrected chi connectivity index (χ0v) is 24.0. The number of carbonyl (C=O) groups excluding carboxylic acids is 3. The summed E-state index contributed by atoms with van der Waals surface area (Å²) in [6.45, 7) is 18.4. The van der Waals surface area contributed by atoms with E-state index in [0.717, 1.165) is 36.0 Å². The normalized spacial score (nSPS) is 13.2. The topological polar surface area (TPSA) is 87.7 Å². The monoisotopic (exact) mass is 503 g/mol. The Labute approximate surface area is 218 Å². The van der Waals surface area contributed by atoms with E-state index in [1.165, 1.54) is 0 Å². The SMILES string of the molecule is CCCCCNC(=O)C(c1ccc(C)cc1C)N(CCC)C(=O)C(CC(C)C)NC(=O)OC(C)(C)C. The third-order valence-electron chi connectivity index (χ3n) is 5.80. The summed E-state index contributed by atoms with van der Waals surface area (Å²) in [7, 11) is 0. The highest BCUT2D eigenvalue weighted by Crippen LogP contribution is 2.27. The Morgan fingerprint density at radius 3 is 2.22 bits per heavy atom. The molecule has 3 amide bonds. The molecule has 0 heterocycles. The van der Waals surface area contributed by atoms with Gasteiger partial charge >= 0.3 is 6.09 Å². The standard InChI is InChI=1S/C29H49N3O4/c1-10-12-13-16-30-26(33)25(23-15-14-21(5)19-22(23)6)32(17-11-2)27(34)24(18-20(3)4)31-28(35)36-29(7,8)9/h14-15,19-20,24-25H,10-13,16-18H2,1-9H3,(H,30,33)(H,31,35). The fraction of sp³-hybridized carbons (Fsp3) is 0.690. The Morgan fingerprint density at radius 2 is 1.69 bits per heavy atom. The molecular formula is C29H49N3O4. The average Bonchev–Trinajstić information content (AvgIpc) is 2.75. The predicted molar refractivity (Wildman–Crippen MR) is 146 cm³/mol. The van der Waals surface area contributed by atoms with E-state index < -0.39 is 23.8 Å². The van der Waals surface area contributed by atoms with Crippen molar-refractivity contribution >= 4 is 17.9 Å². The average molecular weight is 504 g/mol. The van der Waals surface area contributed by atoms with Gasteiger partial charge in [0, 0.05) is 13.1 Å². The number of nitrogens with zero attached hydrogens (tertiary/aromatic N) is 1. The Morgan fingerprint density at radius 1 is 1.03 bits per heavy atom. The van der Waals surface area contributed by atoms with Crippen LogP contribution in [0.5, 0.6) is 0 Å². The molecule has 0 aliphatic carbocycles. The Bertz CT molecular complexity index is 861. The third kappa shape index (κ3) is 10.6.